The van der Waals surface area contributed by atoms with Crippen LogP contribution in [0.5, 0.6) is 0 Å². The van der Waals surface area contributed by atoms with Crippen LogP contribution in [0.25, 0.3) is 0 Å². The van der Waals surface area contributed by atoms with Crippen molar-refractivity contribution in [3.63, 3.8) is 0 Å². The highest BCUT2D eigenvalue weighted by atomic mass is 35.5. The van der Waals surface area contributed by atoms with Gasteiger partial charge in [-0.2, -0.15) is 0 Å². The topological polar surface area (TPSA) is 37.8 Å². The fourth-order valence-electron chi connectivity index (χ4n) is 1.07. The number of alkyl halides is 1. The minimum absolute atomic E-state index is 0.271. The number of hydrogen-bond donors (Lipinski definition) is 1. The van der Waals surface area contributed by atoms with Crippen molar-refractivity contribution in [3.8, 4) is 0 Å². The first-order valence-electron chi connectivity index (χ1n) is 4.80. The second-order valence-electron chi connectivity index (χ2n) is 3.33. The van der Waals surface area contributed by atoms with Crippen LogP contribution in [0.1, 0.15) is 24.7 Å². The first-order valence-corrected chi connectivity index (χ1v) is 5.33. The number of anilines is 1. The molecule has 0 amide bonds. The number of nitrogens with one attached hydrogen (secondary N) is 1. The summed E-state index contributed by atoms with van der Waals surface area (Å²) < 4.78 is 0. The summed E-state index contributed by atoms with van der Waals surface area (Å²) in [4.78, 5) is 8.61. The molecule has 4 heteroatoms. The summed E-state index contributed by atoms with van der Waals surface area (Å²) in [6.07, 6.45) is 2.73. The predicted molar refractivity (Wildman–Crippen MR) is 59.9 cm³/mol. The molecule has 0 aliphatic rings. The number of rotatable bonds is 4. The summed E-state index contributed by atoms with van der Waals surface area (Å²) in [7, 11) is 0. The summed E-state index contributed by atoms with van der Waals surface area (Å²) in [6, 6.07) is 0.271. The van der Waals surface area contributed by atoms with E-state index in [0.29, 0.717) is 5.88 Å². The van der Waals surface area contributed by atoms with Gasteiger partial charge >= 0.3 is 0 Å². The second kappa shape index (κ2) is 5.15. The van der Waals surface area contributed by atoms with E-state index in [1.807, 2.05) is 13.8 Å². The molecule has 0 aromatic carbocycles. The van der Waals surface area contributed by atoms with Gasteiger partial charge in [0.2, 0.25) is 0 Å². The van der Waals surface area contributed by atoms with E-state index in [4.69, 9.17) is 11.6 Å². The molecule has 1 unspecified atom stereocenters. The van der Waals surface area contributed by atoms with Crippen LogP contribution in [0.2, 0.25) is 0 Å². The van der Waals surface area contributed by atoms with Gasteiger partial charge in [-0.25, -0.2) is 4.98 Å². The van der Waals surface area contributed by atoms with Gasteiger partial charge in [0.1, 0.15) is 5.82 Å². The monoisotopic (exact) mass is 213 g/mol. The van der Waals surface area contributed by atoms with Gasteiger partial charge in [0.25, 0.3) is 0 Å². The molecule has 1 atom stereocenters. The van der Waals surface area contributed by atoms with E-state index < -0.39 is 0 Å². The SMILES string of the molecule is CCC(CCl)Nc1cnc(C)c(C)n1. The molecule has 1 aromatic heterocycles. The highest BCUT2D eigenvalue weighted by molar-refractivity contribution is 6.18. The van der Waals surface area contributed by atoms with Crippen LogP contribution in [-0.4, -0.2) is 21.9 Å². The van der Waals surface area contributed by atoms with E-state index in [1.165, 1.54) is 0 Å². The Morgan fingerprint density at radius 3 is 2.64 bits per heavy atom. The molecule has 0 saturated carbocycles. The lowest BCUT2D eigenvalue weighted by molar-refractivity contribution is 0.762. The minimum Gasteiger partial charge on any atom is -0.365 e. The Morgan fingerprint density at radius 2 is 2.14 bits per heavy atom. The average molecular weight is 214 g/mol. The predicted octanol–water partition coefficient (Wildman–Crippen LogP) is 2.52. The van der Waals surface area contributed by atoms with Crippen LogP contribution >= 0.6 is 11.6 Å². The van der Waals surface area contributed by atoms with Crippen LogP contribution in [0.3, 0.4) is 0 Å². The molecule has 14 heavy (non-hydrogen) atoms. The molecule has 0 radical (unpaired) electrons. The van der Waals surface area contributed by atoms with E-state index in [9.17, 15) is 0 Å². The first-order chi connectivity index (χ1) is 6.67. The summed E-state index contributed by atoms with van der Waals surface area (Å²) in [6.45, 7) is 5.99. The van der Waals surface area contributed by atoms with Gasteiger partial charge in [-0.05, 0) is 20.3 Å². The van der Waals surface area contributed by atoms with Gasteiger partial charge in [0.15, 0.2) is 0 Å². The van der Waals surface area contributed by atoms with Crippen LogP contribution in [0.4, 0.5) is 5.82 Å². The third-order valence-electron chi connectivity index (χ3n) is 2.22. The van der Waals surface area contributed by atoms with Gasteiger partial charge in [-0.1, -0.05) is 6.92 Å². The lowest BCUT2D eigenvalue weighted by Crippen LogP contribution is -2.21. The largest absolute Gasteiger partial charge is 0.365 e. The molecule has 0 fully saturated rings. The fourth-order valence-corrected chi connectivity index (χ4v) is 1.37. The Bertz CT molecular complexity index is 297. The Labute approximate surface area is 89.9 Å². The average Bonchev–Trinajstić information content (AvgIpc) is 2.19. The zero-order valence-corrected chi connectivity index (χ0v) is 9.60. The zero-order valence-electron chi connectivity index (χ0n) is 8.84. The maximum absolute atomic E-state index is 5.78. The Morgan fingerprint density at radius 1 is 1.43 bits per heavy atom. The van der Waals surface area contributed by atoms with E-state index in [0.717, 1.165) is 23.6 Å². The highest BCUT2D eigenvalue weighted by Gasteiger charge is 2.05. The molecular formula is C10H16ClN3. The molecule has 0 saturated heterocycles. The normalized spacial score (nSPS) is 12.6. The van der Waals surface area contributed by atoms with Gasteiger partial charge in [0, 0.05) is 11.9 Å². The third kappa shape index (κ3) is 2.84. The molecule has 0 spiro atoms. The van der Waals surface area contributed by atoms with Crippen LogP contribution in [0, 0.1) is 13.8 Å². The maximum atomic E-state index is 5.78. The number of aromatic nitrogens is 2. The molecule has 1 heterocycles. The van der Waals surface area contributed by atoms with Crippen molar-refractivity contribution in [2.75, 3.05) is 11.2 Å². The Hall–Kier alpha value is -0.830. The van der Waals surface area contributed by atoms with Gasteiger partial charge in [-0.15, -0.1) is 11.6 Å². The number of halogens is 1. The van der Waals surface area contributed by atoms with E-state index in [2.05, 4.69) is 22.2 Å². The highest BCUT2D eigenvalue weighted by Crippen LogP contribution is 2.09. The van der Waals surface area contributed by atoms with Gasteiger partial charge in [-0.3, -0.25) is 4.98 Å². The van der Waals surface area contributed by atoms with Crippen molar-refractivity contribution in [1.29, 1.82) is 0 Å². The van der Waals surface area contributed by atoms with E-state index in [1.54, 1.807) is 6.20 Å². The third-order valence-corrected chi connectivity index (χ3v) is 2.60. The van der Waals surface area contributed by atoms with Gasteiger partial charge in [0.05, 0.1) is 17.6 Å². The van der Waals surface area contributed by atoms with Crippen LogP contribution in [0.15, 0.2) is 6.20 Å². The minimum atomic E-state index is 0.271. The first kappa shape index (κ1) is 11.2. The van der Waals surface area contributed by atoms with Gasteiger partial charge < -0.3 is 5.32 Å². The quantitative estimate of drug-likeness (QED) is 0.782. The molecule has 0 bridgehead atoms. The smallest absolute Gasteiger partial charge is 0.145 e. The molecule has 1 N–H and O–H groups in total. The number of aryl methyl sites for hydroxylation is 2. The number of hydrogen-bond acceptors (Lipinski definition) is 3. The molecule has 3 nitrogen and oxygen atoms in total. The molecule has 0 aliphatic carbocycles. The fraction of sp³-hybridized carbons (Fsp3) is 0.600. The summed E-state index contributed by atoms with van der Waals surface area (Å²) in [5.74, 6) is 1.39. The van der Waals surface area contributed by atoms with Crippen molar-refractivity contribution in [2.24, 2.45) is 0 Å². The number of nitrogens with zero attached hydrogens (tertiary/aromatic N) is 2. The van der Waals surface area contributed by atoms with Crippen molar-refractivity contribution in [3.05, 3.63) is 17.6 Å². The lowest BCUT2D eigenvalue weighted by Gasteiger charge is -2.14. The van der Waals surface area contributed by atoms with E-state index >= 15 is 0 Å². The van der Waals surface area contributed by atoms with Crippen molar-refractivity contribution in [1.82, 2.24) is 9.97 Å². The maximum Gasteiger partial charge on any atom is 0.145 e. The van der Waals surface area contributed by atoms with Crippen LogP contribution in [-0.2, 0) is 0 Å². The molecule has 78 valence electrons. The summed E-state index contributed by atoms with van der Waals surface area (Å²) in [5, 5.41) is 3.24. The summed E-state index contributed by atoms with van der Waals surface area (Å²) in [5.41, 5.74) is 1.92. The second-order valence-corrected chi connectivity index (χ2v) is 3.64. The van der Waals surface area contributed by atoms with E-state index in [-0.39, 0.29) is 6.04 Å². The molecule has 0 aliphatic heterocycles. The molecular weight excluding hydrogens is 198 g/mol. The Kier molecular flexibility index (Phi) is 4.14. The molecule has 1 rings (SSSR count). The van der Waals surface area contributed by atoms with Crippen molar-refractivity contribution in [2.45, 2.75) is 33.2 Å². The standard InChI is InChI=1S/C10H16ClN3/c1-4-9(5-11)14-10-6-12-7(2)8(3)13-10/h6,9H,4-5H2,1-3H3,(H,13,14). The lowest BCUT2D eigenvalue weighted by atomic mass is 10.2. The zero-order chi connectivity index (χ0) is 10.6. The Balaban J connectivity index is 2.72. The van der Waals surface area contributed by atoms with Crippen molar-refractivity contribution < 1.29 is 0 Å². The van der Waals surface area contributed by atoms with Crippen LogP contribution < -0.4 is 5.32 Å². The summed E-state index contributed by atoms with van der Waals surface area (Å²) >= 11 is 5.78. The van der Waals surface area contributed by atoms with Crippen molar-refractivity contribution >= 4 is 17.4 Å². The molecule has 1 aromatic rings.